The van der Waals surface area contributed by atoms with Crippen molar-refractivity contribution in [3.63, 3.8) is 0 Å². The van der Waals surface area contributed by atoms with Crippen LogP contribution >= 0.6 is 0 Å². The molecule has 0 bridgehead atoms. The molecule has 3 rings (SSSR count). The van der Waals surface area contributed by atoms with Gasteiger partial charge in [0, 0.05) is 25.2 Å². The second kappa shape index (κ2) is 7.59. The van der Waals surface area contributed by atoms with Gasteiger partial charge < -0.3 is 9.73 Å². The van der Waals surface area contributed by atoms with Crippen LogP contribution in [0.4, 0.5) is 5.69 Å². The summed E-state index contributed by atoms with van der Waals surface area (Å²) in [5.41, 5.74) is 1.16. The van der Waals surface area contributed by atoms with Gasteiger partial charge in [-0.05, 0) is 50.6 Å². The molecule has 1 aliphatic heterocycles. The van der Waals surface area contributed by atoms with Crippen LogP contribution in [-0.2, 0) is 6.54 Å². The molecule has 0 amide bonds. The van der Waals surface area contributed by atoms with E-state index in [9.17, 15) is 10.1 Å². The first-order valence-corrected chi connectivity index (χ1v) is 8.38. The van der Waals surface area contributed by atoms with Gasteiger partial charge in [-0.2, -0.15) is 0 Å². The van der Waals surface area contributed by atoms with Gasteiger partial charge in [-0.25, -0.2) is 0 Å². The second-order valence-corrected chi connectivity index (χ2v) is 6.26. The molecule has 2 heterocycles. The lowest BCUT2D eigenvalue weighted by atomic mass is 10.1. The molecule has 1 aromatic heterocycles. The molecular formula is C18H23N3O3. The molecule has 1 atom stereocenters. The Hall–Kier alpha value is -2.18. The summed E-state index contributed by atoms with van der Waals surface area (Å²) in [6.07, 6.45) is 2.47. The molecule has 1 unspecified atom stereocenters. The van der Waals surface area contributed by atoms with Crippen molar-refractivity contribution in [1.82, 2.24) is 10.2 Å². The lowest BCUT2D eigenvalue weighted by molar-refractivity contribution is -0.384. The van der Waals surface area contributed by atoms with E-state index in [2.05, 4.69) is 16.3 Å². The van der Waals surface area contributed by atoms with Crippen molar-refractivity contribution >= 4 is 5.69 Å². The van der Waals surface area contributed by atoms with Crippen molar-refractivity contribution in [1.29, 1.82) is 0 Å². The number of nitro benzene ring substituents is 1. The third-order valence-corrected chi connectivity index (χ3v) is 4.48. The Bertz CT molecular complexity index is 675. The molecular weight excluding hydrogens is 306 g/mol. The van der Waals surface area contributed by atoms with Crippen molar-refractivity contribution in [2.75, 3.05) is 19.6 Å². The van der Waals surface area contributed by atoms with Crippen molar-refractivity contribution in [3.05, 3.63) is 63.6 Å². The van der Waals surface area contributed by atoms with Crippen molar-refractivity contribution in [3.8, 4) is 0 Å². The first-order valence-electron chi connectivity index (χ1n) is 8.38. The van der Waals surface area contributed by atoms with E-state index in [1.54, 1.807) is 24.3 Å². The molecule has 1 aromatic carbocycles. The molecule has 1 N–H and O–H groups in total. The number of hydrogen-bond acceptors (Lipinski definition) is 5. The Morgan fingerprint density at radius 3 is 2.50 bits per heavy atom. The predicted octanol–water partition coefficient (Wildman–Crippen LogP) is 3.42. The van der Waals surface area contributed by atoms with E-state index in [-0.39, 0.29) is 16.7 Å². The zero-order chi connectivity index (χ0) is 16.9. The zero-order valence-electron chi connectivity index (χ0n) is 13.9. The Kier molecular flexibility index (Phi) is 5.27. The molecule has 6 nitrogen and oxygen atoms in total. The molecule has 2 aromatic rings. The lowest BCUT2D eigenvalue weighted by Crippen LogP contribution is -2.33. The van der Waals surface area contributed by atoms with Gasteiger partial charge in [0.25, 0.3) is 5.69 Å². The normalized spacial score (nSPS) is 16.4. The number of nitrogens with zero attached hydrogens (tertiary/aromatic N) is 2. The number of nitro groups is 1. The minimum atomic E-state index is -0.375. The van der Waals surface area contributed by atoms with Crippen molar-refractivity contribution in [2.45, 2.75) is 32.4 Å². The average Bonchev–Trinajstić information content (AvgIpc) is 3.24. The number of furan rings is 1. The van der Waals surface area contributed by atoms with E-state index in [0.29, 0.717) is 6.54 Å². The fraction of sp³-hybridized carbons (Fsp3) is 0.444. The van der Waals surface area contributed by atoms with Crippen molar-refractivity contribution < 1.29 is 9.34 Å². The first kappa shape index (κ1) is 16.7. The maximum Gasteiger partial charge on any atom is 0.269 e. The molecule has 1 fully saturated rings. The molecule has 6 heteroatoms. The van der Waals surface area contributed by atoms with E-state index in [1.165, 1.54) is 12.8 Å². The minimum absolute atomic E-state index is 0.125. The first-order chi connectivity index (χ1) is 11.6. The highest BCUT2D eigenvalue weighted by molar-refractivity contribution is 5.32. The summed E-state index contributed by atoms with van der Waals surface area (Å²) in [5, 5.41) is 14.2. The Morgan fingerprint density at radius 2 is 1.92 bits per heavy atom. The van der Waals surface area contributed by atoms with Gasteiger partial charge in [0.05, 0.1) is 11.0 Å². The summed E-state index contributed by atoms with van der Waals surface area (Å²) in [6, 6.07) is 11.0. The predicted molar refractivity (Wildman–Crippen MR) is 91.8 cm³/mol. The van der Waals surface area contributed by atoms with Crippen molar-refractivity contribution in [2.24, 2.45) is 0 Å². The molecule has 0 saturated carbocycles. The summed E-state index contributed by atoms with van der Waals surface area (Å²) >= 11 is 0. The number of non-ortho nitro benzene ring substituents is 1. The Morgan fingerprint density at radius 1 is 1.21 bits per heavy atom. The van der Waals surface area contributed by atoms with Crippen LogP contribution < -0.4 is 5.32 Å². The van der Waals surface area contributed by atoms with E-state index < -0.39 is 0 Å². The third kappa shape index (κ3) is 4.01. The number of aryl methyl sites for hydroxylation is 1. The number of rotatable bonds is 7. The van der Waals surface area contributed by atoms with Gasteiger partial charge in [-0.1, -0.05) is 12.1 Å². The molecule has 1 saturated heterocycles. The van der Waals surface area contributed by atoms with Gasteiger partial charge in [-0.3, -0.25) is 15.0 Å². The minimum Gasteiger partial charge on any atom is -0.465 e. The molecule has 1 aliphatic rings. The summed E-state index contributed by atoms with van der Waals surface area (Å²) in [5.74, 6) is 1.94. The SMILES string of the molecule is Cc1ccc(C(CNCc2ccc([N+](=O)[O-])cc2)N2CCCC2)o1. The smallest absolute Gasteiger partial charge is 0.269 e. The van der Waals surface area contributed by atoms with Gasteiger partial charge in [0.1, 0.15) is 11.5 Å². The summed E-state index contributed by atoms with van der Waals surface area (Å²) in [6.45, 7) is 5.65. The molecule has 128 valence electrons. The largest absolute Gasteiger partial charge is 0.465 e. The fourth-order valence-electron chi connectivity index (χ4n) is 3.18. The van der Waals surface area contributed by atoms with Crippen LogP contribution in [0.3, 0.4) is 0 Å². The monoisotopic (exact) mass is 329 g/mol. The Labute approximate surface area is 141 Å². The van der Waals surface area contributed by atoms with Crippen LogP contribution in [0.1, 0.15) is 36.0 Å². The maximum atomic E-state index is 10.7. The van der Waals surface area contributed by atoms with E-state index >= 15 is 0 Å². The second-order valence-electron chi connectivity index (χ2n) is 6.26. The average molecular weight is 329 g/mol. The third-order valence-electron chi connectivity index (χ3n) is 4.48. The van der Waals surface area contributed by atoms with Gasteiger partial charge in [0.15, 0.2) is 0 Å². The van der Waals surface area contributed by atoms with Crippen LogP contribution in [-0.4, -0.2) is 29.5 Å². The van der Waals surface area contributed by atoms with Gasteiger partial charge in [-0.15, -0.1) is 0 Å². The highest BCUT2D eigenvalue weighted by Crippen LogP contribution is 2.26. The molecule has 0 spiro atoms. The van der Waals surface area contributed by atoms with Crippen LogP contribution in [0.2, 0.25) is 0 Å². The van der Waals surface area contributed by atoms with Crippen LogP contribution in [0.15, 0.2) is 40.8 Å². The van der Waals surface area contributed by atoms with Crippen LogP contribution in [0.5, 0.6) is 0 Å². The quantitative estimate of drug-likeness (QED) is 0.622. The highest BCUT2D eigenvalue weighted by Gasteiger charge is 2.25. The maximum absolute atomic E-state index is 10.7. The Balaban J connectivity index is 1.60. The van der Waals surface area contributed by atoms with Crippen LogP contribution in [0, 0.1) is 17.0 Å². The topological polar surface area (TPSA) is 71.6 Å². The summed E-state index contributed by atoms with van der Waals surface area (Å²) < 4.78 is 5.85. The molecule has 0 aliphatic carbocycles. The fourth-order valence-corrected chi connectivity index (χ4v) is 3.18. The molecule has 0 radical (unpaired) electrons. The molecule has 24 heavy (non-hydrogen) atoms. The van der Waals surface area contributed by atoms with Gasteiger partial charge in [0.2, 0.25) is 0 Å². The van der Waals surface area contributed by atoms with E-state index in [0.717, 1.165) is 36.7 Å². The number of benzene rings is 1. The lowest BCUT2D eigenvalue weighted by Gasteiger charge is -2.26. The summed E-state index contributed by atoms with van der Waals surface area (Å²) in [7, 11) is 0. The number of hydrogen-bond donors (Lipinski definition) is 1. The van der Waals surface area contributed by atoms with E-state index in [4.69, 9.17) is 4.42 Å². The van der Waals surface area contributed by atoms with Crippen LogP contribution in [0.25, 0.3) is 0 Å². The zero-order valence-corrected chi connectivity index (χ0v) is 13.9. The number of likely N-dealkylation sites (tertiary alicyclic amines) is 1. The number of nitrogens with one attached hydrogen (secondary N) is 1. The standard InChI is InChI=1S/C18H23N3O3/c1-14-4-9-18(24-14)17(20-10-2-3-11-20)13-19-12-15-5-7-16(8-6-15)21(22)23/h4-9,17,19H,2-3,10-13H2,1H3. The highest BCUT2D eigenvalue weighted by atomic mass is 16.6. The summed E-state index contributed by atoms with van der Waals surface area (Å²) in [4.78, 5) is 12.8. The van der Waals surface area contributed by atoms with Gasteiger partial charge >= 0.3 is 0 Å². The van der Waals surface area contributed by atoms with E-state index in [1.807, 2.05) is 13.0 Å².